The molecule has 0 aliphatic rings. The summed E-state index contributed by atoms with van der Waals surface area (Å²) in [5, 5.41) is 5.54. The van der Waals surface area contributed by atoms with Crippen molar-refractivity contribution in [3.05, 3.63) is 59.2 Å². The second kappa shape index (κ2) is 15.1. The number of benzene rings is 2. The van der Waals surface area contributed by atoms with Crippen LogP contribution in [0.3, 0.4) is 0 Å². The Labute approximate surface area is 242 Å². The number of amides is 4. The maximum Gasteiger partial charge on any atom is 0.408 e. The first-order chi connectivity index (χ1) is 19.2. The Bertz CT molecular complexity index is 1190. The van der Waals surface area contributed by atoms with Crippen molar-refractivity contribution in [3.8, 4) is 5.75 Å². The zero-order valence-electron chi connectivity index (χ0n) is 25.2. The summed E-state index contributed by atoms with van der Waals surface area (Å²) < 4.78 is 10.6. The van der Waals surface area contributed by atoms with E-state index in [0.717, 1.165) is 17.5 Å². The summed E-state index contributed by atoms with van der Waals surface area (Å²) in [6.07, 6.45) is 0.379. The molecule has 10 heteroatoms. The topological polar surface area (TPSA) is 140 Å². The van der Waals surface area contributed by atoms with E-state index in [-0.39, 0.29) is 19.4 Å². The first kappa shape index (κ1) is 33.1. The lowest BCUT2D eigenvalue weighted by Gasteiger charge is -2.35. The van der Waals surface area contributed by atoms with Gasteiger partial charge in [0.1, 0.15) is 23.4 Å². The van der Waals surface area contributed by atoms with Crippen molar-refractivity contribution < 1.29 is 28.7 Å². The van der Waals surface area contributed by atoms with E-state index in [2.05, 4.69) is 10.6 Å². The molecule has 0 bridgehead atoms. The first-order valence-electron chi connectivity index (χ1n) is 13.9. The van der Waals surface area contributed by atoms with Crippen LogP contribution in [0.15, 0.2) is 42.5 Å². The summed E-state index contributed by atoms with van der Waals surface area (Å²) in [5.41, 5.74) is 7.61. The van der Waals surface area contributed by atoms with Crippen molar-refractivity contribution in [2.45, 2.75) is 84.9 Å². The Balaban J connectivity index is 2.56. The molecule has 4 N–H and O–H groups in total. The molecule has 41 heavy (non-hydrogen) atoms. The first-order valence-corrected chi connectivity index (χ1v) is 13.9. The molecule has 2 rings (SSSR count). The van der Waals surface area contributed by atoms with E-state index in [1.54, 1.807) is 52.1 Å². The molecule has 2 unspecified atom stereocenters. The Hall–Kier alpha value is -4.08. The van der Waals surface area contributed by atoms with Crippen molar-refractivity contribution >= 4 is 29.5 Å². The van der Waals surface area contributed by atoms with Gasteiger partial charge < -0.3 is 30.7 Å². The standard InChI is InChI=1S/C31H44N4O6/c1-8-9-16-35(29(38)25(14-15-26(32)36)34-30(39)41-31(4,5)6)27(22-18-20(2)17-21(3)19-22)28(37)33-23-10-12-24(40-7)13-11-23/h10-13,17-19,25,27H,8-9,14-16H2,1-7H3,(H2,32,36)(H,33,37)(H,34,39). The molecule has 10 nitrogen and oxygen atoms in total. The zero-order chi connectivity index (χ0) is 30.7. The number of nitrogens with one attached hydrogen (secondary N) is 2. The number of carbonyl (C=O) groups is 4. The van der Waals surface area contributed by atoms with Crippen LogP contribution in [0.25, 0.3) is 0 Å². The monoisotopic (exact) mass is 568 g/mol. The van der Waals surface area contributed by atoms with Crippen LogP contribution in [0.5, 0.6) is 5.75 Å². The minimum Gasteiger partial charge on any atom is -0.497 e. The number of primary amides is 1. The average Bonchev–Trinajstić information content (AvgIpc) is 2.87. The molecule has 0 saturated carbocycles. The van der Waals surface area contributed by atoms with Gasteiger partial charge in [-0.2, -0.15) is 0 Å². The fraction of sp³-hybridized carbons (Fsp3) is 0.484. The highest BCUT2D eigenvalue weighted by Gasteiger charge is 2.36. The van der Waals surface area contributed by atoms with Gasteiger partial charge in [0.05, 0.1) is 7.11 Å². The third-order valence-electron chi connectivity index (χ3n) is 6.18. The van der Waals surface area contributed by atoms with Gasteiger partial charge in [0, 0.05) is 18.7 Å². The molecular weight excluding hydrogens is 524 g/mol. The predicted octanol–water partition coefficient (Wildman–Crippen LogP) is 4.78. The maximum absolute atomic E-state index is 14.2. The van der Waals surface area contributed by atoms with Gasteiger partial charge in [0.2, 0.25) is 11.8 Å². The Morgan fingerprint density at radius 2 is 1.61 bits per heavy atom. The van der Waals surface area contributed by atoms with E-state index in [4.69, 9.17) is 15.2 Å². The molecule has 0 aliphatic carbocycles. The molecule has 0 heterocycles. The molecule has 4 amide bonds. The number of alkyl carbamates (subject to hydrolysis) is 1. The fourth-order valence-electron chi connectivity index (χ4n) is 4.41. The van der Waals surface area contributed by atoms with Crippen molar-refractivity contribution in [1.29, 1.82) is 0 Å². The second-order valence-corrected chi connectivity index (χ2v) is 11.1. The molecule has 2 atom stereocenters. The second-order valence-electron chi connectivity index (χ2n) is 11.1. The quantitative estimate of drug-likeness (QED) is 0.318. The van der Waals surface area contributed by atoms with Crippen LogP contribution in [-0.4, -0.2) is 54.0 Å². The summed E-state index contributed by atoms with van der Waals surface area (Å²) in [5.74, 6) is -0.911. The highest BCUT2D eigenvalue weighted by Crippen LogP contribution is 2.28. The van der Waals surface area contributed by atoms with E-state index in [1.165, 1.54) is 4.90 Å². The number of hydrogen-bond acceptors (Lipinski definition) is 6. The fourth-order valence-corrected chi connectivity index (χ4v) is 4.41. The lowest BCUT2D eigenvalue weighted by molar-refractivity contribution is -0.141. The third-order valence-corrected chi connectivity index (χ3v) is 6.18. The van der Waals surface area contributed by atoms with Gasteiger partial charge in [-0.05, 0) is 77.3 Å². The Morgan fingerprint density at radius 3 is 2.12 bits per heavy atom. The van der Waals surface area contributed by atoms with Gasteiger partial charge in [-0.15, -0.1) is 0 Å². The minimum atomic E-state index is -1.14. The van der Waals surface area contributed by atoms with Crippen molar-refractivity contribution in [2.75, 3.05) is 19.0 Å². The summed E-state index contributed by atoms with van der Waals surface area (Å²) in [7, 11) is 1.56. The van der Waals surface area contributed by atoms with Crippen LogP contribution in [0, 0.1) is 13.8 Å². The van der Waals surface area contributed by atoms with E-state index >= 15 is 0 Å². The molecular formula is C31H44N4O6. The minimum absolute atomic E-state index is 0.0459. The molecule has 0 saturated heterocycles. The van der Waals surface area contributed by atoms with E-state index in [0.29, 0.717) is 23.4 Å². The number of nitrogens with zero attached hydrogens (tertiary/aromatic N) is 1. The number of carbonyl (C=O) groups excluding carboxylic acids is 4. The molecule has 2 aromatic rings. The number of anilines is 1. The van der Waals surface area contributed by atoms with Crippen molar-refractivity contribution in [2.24, 2.45) is 5.73 Å². The zero-order valence-corrected chi connectivity index (χ0v) is 25.2. The molecule has 0 spiro atoms. The SMILES string of the molecule is CCCCN(C(=O)C(CCC(N)=O)NC(=O)OC(C)(C)C)C(C(=O)Nc1ccc(OC)cc1)c1cc(C)cc(C)c1. The molecule has 2 aromatic carbocycles. The third kappa shape index (κ3) is 10.8. The lowest BCUT2D eigenvalue weighted by Crippen LogP contribution is -2.52. The number of nitrogens with two attached hydrogens (primary N) is 1. The van der Waals surface area contributed by atoms with Crippen molar-refractivity contribution in [1.82, 2.24) is 10.2 Å². The van der Waals surface area contributed by atoms with Gasteiger partial charge in [-0.3, -0.25) is 14.4 Å². The van der Waals surface area contributed by atoms with Crippen LogP contribution >= 0.6 is 0 Å². The number of hydrogen-bond donors (Lipinski definition) is 3. The summed E-state index contributed by atoms with van der Waals surface area (Å²) in [6.45, 7) is 11.2. The molecule has 0 radical (unpaired) electrons. The molecule has 0 aliphatic heterocycles. The highest BCUT2D eigenvalue weighted by atomic mass is 16.6. The molecule has 0 fully saturated rings. The van der Waals surface area contributed by atoms with Crippen molar-refractivity contribution in [3.63, 3.8) is 0 Å². The van der Waals surface area contributed by atoms with Gasteiger partial charge in [0.15, 0.2) is 0 Å². The predicted molar refractivity (Wildman–Crippen MR) is 158 cm³/mol. The van der Waals surface area contributed by atoms with E-state index in [1.807, 2.05) is 39.0 Å². The van der Waals surface area contributed by atoms with Gasteiger partial charge in [-0.1, -0.05) is 42.7 Å². The van der Waals surface area contributed by atoms with E-state index in [9.17, 15) is 19.2 Å². The number of unbranched alkanes of at least 4 members (excludes halogenated alkanes) is 1. The maximum atomic E-state index is 14.2. The van der Waals surface area contributed by atoms with Crippen LogP contribution in [0.4, 0.5) is 10.5 Å². The smallest absolute Gasteiger partial charge is 0.408 e. The van der Waals surface area contributed by atoms with Gasteiger partial charge >= 0.3 is 6.09 Å². The van der Waals surface area contributed by atoms with E-state index < -0.39 is 41.5 Å². The number of aryl methyl sites for hydroxylation is 2. The molecule has 224 valence electrons. The summed E-state index contributed by atoms with van der Waals surface area (Å²) >= 11 is 0. The number of ether oxygens (including phenoxy) is 2. The number of rotatable bonds is 13. The largest absolute Gasteiger partial charge is 0.497 e. The Morgan fingerprint density at radius 1 is 1.00 bits per heavy atom. The summed E-state index contributed by atoms with van der Waals surface area (Å²) in [6, 6.07) is 10.5. The lowest BCUT2D eigenvalue weighted by atomic mass is 9.97. The van der Waals surface area contributed by atoms with Gasteiger partial charge in [0.25, 0.3) is 5.91 Å². The van der Waals surface area contributed by atoms with Crippen LogP contribution in [0.1, 0.15) is 76.1 Å². The van der Waals surface area contributed by atoms with Crippen LogP contribution in [0.2, 0.25) is 0 Å². The van der Waals surface area contributed by atoms with Gasteiger partial charge in [-0.25, -0.2) is 4.79 Å². The average molecular weight is 569 g/mol. The summed E-state index contributed by atoms with van der Waals surface area (Å²) in [4.78, 5) is 54.0. The van der Waals surface area contributed by atoms with Crippen LogP contribution in [-0.2, 0) is 19.1 Å². The molecule has 0 aromatic heterocycles. The Kier molecular flexibility index (Phi) is 12.2. The highest BCUT2D eigenvalue weighted by molar-refractivity contribution is 5.99. The number of methoxy groups -OCH3 is 1. The normalized spacial score (nSPS) is 12.6. The van der Waals surface area contributed by atoms with Crippen LogP contribution < -0.4 is 21.1 Å².